The standard InChI is InChI=1S/C14H11Cl2N3O2/c15-9-5-7(6-10(17)12(9)16)14(21)19-11-4-2-1-3-8(11)13(18)20/h1-6H,17H2,(H2,18,20)(H,19,21). The Labute approximate surface area is 130 Å². The normalized spacial score (nSPS) is 10.2. The van der Waals surface area contributed by atoms with E-state index in [-0.39, 0.29) is 26.9 Å². The molecule has 0 spiro atoms. The summed E-state index contributed by atoms with van der Waals surface area (Å²) in [6, 6.07) is 9.19. The highest BCUT2D eigenvalue weighted by atomic mass is 35.5. The molecular weight excluding hydrogens is 313 g/mol. The molecule has 0 aromatic heterocycles. The number of para-hydroxylation sites is 1. The van der Waals surface area contributed by atoms with E-state index in [9.17, 15) is 9.59 Å². The second-order valence-corrected chi connectivity index (χ2v) is 5.01. The van der Waals surface area contributed by atoms with Crippen molar-refractivity contribution in [2.75, 3.05) is 11.1 Å². The topological polar surface area (TPSA) is 98.2 Å². The Morgan fingerprint density at radius 3 is 2.38 bits per heavy atom. The lowest BCUT2D eigenvalue weighted by molar-refractivity contribution is 0.100. The van der Waals surface area contributed by atoms with Crippen molar-refractivity contribution < 1.29 is 9.59 Å². The smallest absolute Gasteiger partial charge is 0.255 e. The first-order chi connectivity index (χ1) is 9.90. The maximum absolute atomic E-state index is 12.2. The summed E-state index contributed by atoms with van der Waals surface area (Å²) in [5, 5.41) is 2.94. The molecule has 2 rings (SSSR count). The van der Waals surface area contributed by atoms with E-state index in [1.54, 1.807) is 18.2 Å². The summed E-state index contributed by atoms with van der Waals surface area (Å²) >= 11 is 11.7. The molecule has 5 nitrogen and oxygen atoms in total. The summed E-state index contributed by atoms with van der Waals surface area (Å²) in [5.41, 5.74) is 11.8. The van der Waals surface area contributed by atoms with Gasteiger partial charge in [-0.2, -0.15) is 0 Å². The molecule has 0 saturated heterocycles. The number of nitrogens with one attached hydrogen (secondary N) is 1. The number of primary amides is 1. The zero-order valence-corrected chi connectivity index (χ0v) is 12.2. The van der Waals surface area contributed by atoms with Crippen molar-refractivity contribution in [1.29, 1.82) is 0 Å². The van der Waals surface area contributed by atoms with Gasteiger partial charge in [0.05, 0.1) is 27.0 Å². The molecule has 0 saturated carbocycles. The lowest BCUT2D eigenvalue weighted by Crippen LogP contribution is -2.18. The van der Waals surface area contributed by atoms with E-state index in [0.29, 0.717) is 5.69 Å². The summed E-state index contributed by atoms with van der Waals surface area (Å²) in [6.45, 7) is 0. The maximum Gasteiger partial charge on any atom is 0.255 e. The molecular formula is C14H11Cl2N3O2. The van der Waals surface area contributed by atoms with Crippen LogP contribution in [0.5, 0.6) is 0 Å². The first-order valence-electron chi connectivity index (χ1n) is 5.85. The third kappa shape index (κ3) is 3.26. The van der Waals surface area contributed by atoms with Crippen molar-refractivity contribution in [1.82, 2.24) is 0 Å². The minimum Gasteiger partial charge on any atom is -0.397 e. The SMILES string of the molecule is NC(=O)c1ccccc1NC(=O)c1cc(N)c(Cl)c(Cl)c1. The van der Waals surface area contributed by atoms with E-state index in [2.05, 4.69) is 5.32 Å². The molecule has 0 radical (unpaired) electrons. The van der Waals surface area contributed by atoms with Gasteiger partial charge in [0.1, 0.15) is 0 Å². The monoisotopic (exact) mass is 323 g/mol. The molecule has 0 atom stereocenters. The number of nitrogens with two attached hydrogens (primary N) is 2. The Morgan fingerprint density at radius 2 is 1.76 bits per heavy atom. The Balaban J connectivity index is 2.33. The Kier molecular flexibility index (Phi) is 4.35. The van der Waals surface area contributed by atoms with Gasteiger partial charge < -0.3 is 16.8 Å². The van der Waals surface area contributed by atoms with Crippen molar-refractivity contribution in [3.8, 4) is 0 Å². The molecule has 2 aromatic rings. The van der Waals surface area contributed by atoms with Gasteiger partial charge in [-0.1, -0.05) is 35.3 Å². The van der Waals surface area contributed by atoms with Crippen molar-refractivity contribution in [2.45, 2.75) is 0 Å². The Morgan fingerprint density at radius 1 is 1.10 bits per heavy atom. The zero-order chi connectivity index (χ0) is 15.6. The summed E-state index contributed by atoms with van der Waals surface area (Å²) in [4.78, 5) is 23.5. The van der Waals surface area contributed by atoms with Gasteiger partial charge >= 0.3 is 0 Å². The number of amides is 2. The van der Waals surface area contributed by atoms with Gasteiger partial charge in [-0.05, 0) is 24.3 Å². The third-order valence-corrected chi connectivity index (χ3v) is 3.58. The van der Waals surface area contributed by atoms with Crippen LogP contribution in [-0.4, -0.2) is 11.8 Å². The summed E-state index contributed by atoms with van der Waals surface area (Å²) in [5.74, 6) is -1.12. The zero-order valence-electron chi connectivity index (χ0n) is 10.7. The van der Waals surface area contributed by atoms with E-state index in [1.165, 1.54) is 18.2 Å². The van der Waals surface area contributed by atoms with Crippen LogP contribution in [0, 0.1) is 0 Å². The average Bonchev–Trinajstić information content (AvgIpc) is 2.44. The molecule has 0 aliphatic heterocycles. The van der Waals surface area contributed by atoms with Gasteiger partial charge in [-0.25, -0.2) is 0 Å². The van der Waals surface area contributed by atoms with E-state index < -0.39 is 11.8 Å². The van der Waals surface area contributed by atoms with Crippen LogP contribution >= 0.6 is 23.2 Å². The maximum atomic E-state index is 12.2. The van der Waals surface area contributed by atoms with Crippen LogP contribution in [0.4, 0.5) is 11.4 Å². The lowest BCUT2D eigenvalue weighted by atomic mass is 10.1. The van der Waals surface area contributed by atoms with Crippen LogP contribution in [0.25, 0.3) is 0 Å². The number of hydrogen-bond acceptors (Lipinski definition) is 3. The number of nitrogen functional groups attached to an aromatic ring is 1. The van der Waals surface area contributed by atoms with Crippen LogP contribution < -0.4 is 16.8 Å². The summed E-state index contributed by atoms with van der Waals surface area (Å²) in [6.07, 6.45) is 0. The molecule has 0 unspecified atom stereocenters. The molecule has 2 aromatic carbocycles. The molecule has 0 fully saturated rings. The van der Waals surface area contributed by atoms with Crippen LogP contribution in [0.15, 0.2) is 36.4 Å². The Bertz CT molecular complexity index is 709. The predicted octanol–water partition coefficient (Wildman–Crippen LogP) is 2.93. The molecule has 7 heteroatoms. The van der Waals surface area contributed by atoms with Crippen molar-refractivity contribution in [2.24, 2.45) is 5.73 Å². The van der Waals surface area contributed by atoms with Crippen LogP contribution in [0.2, 0.25) is 10.0 Å². The average molecular weight is 324 g/mol. The third-order valence-electron chi connectivity index (χ3n) is 2.76. The van der Waals surface area contributed by atoms with E-state index in [0.717, 1.165) is 0 Å². The van der Waals surface area contributed by atoms with E-state index in [1.807, 2.05) is 0 Å². The summed E-state index contributed by atoms with van der Waals surface area (Å²) < 4.78 is 0. The van der Waals surface area contributed by atoms with Crippen LogP contribution in [0.1, 0.15) is 20.7 Å². The van der Waals surface area contributed by atoms with Crippen molar-refractivity contribution in [3.63, 3.8) is 0 Å². The van der Waals surface area contributed by atoms with Gasteiger partial charge in [-0.3, -0.25) is 9.59 Å². The van der Waals surface area contributed by atoms with Crippen molar-refractivity contribution in [3.05, 3.63) is 57.6 Å². The molecule has 0 aliphatic carbocycles. The van der Waals surface area contributed by atoms with Gasteiger partial charge in [0, 0.05) is 5.56 Å². The molecule has 5 N–H and O–H groups in total. The van der Waals surface area contributed by atoms with Gasteiger partial charge in [0.2, 0.25) is 0 Å². The number of halogens is 2. The minimum absolute atomic E-state index is 0.171. The molecule has 108 valence electrons. The quantitative estimate of drug-likeness (QED) is 0.757. The van der Waals surface area contributed by atoms with Gasteiger partial charge in [0.25, 0.3) is 11.8 Å². The van der Waals surface area contributed by atoms with Crippen LogP contribution in [0.3, 0.4) is 0 Å². The fourth-order valence-electron chi connectivity index (χ4n) is 1.74. The predicted molar refractivity (Wildman–Crippen MR) is 83.8 cm³/mol. The van der Waals surface area contributed by atoms with E-state index in [4.69, 9.17) is 34.7 Å². The number of carbonyl (C=O) groups is 2. The first kappa shape index (κ1) is 15.2. The lowest BCUT2D eigenvalue weighted by Gasteiger charge is -2.10. The minimum atomic E-state index is -0.639. The highest BCUT2D eigenvalue weighted by Gasteiger charge is 2.14. The first-order valence-corrected chi connectivity index (χ1v) is 6.60. The number of carbonyl (C=O) groups excluding carboxylic acids is 2. The van der Waals surface area contributed by atoms with E-state index >= 15 is 0 Å². The molecule has 21 heavy (non-hydrogen) atoms. The molecule has 2 amide bonds. The largest absolute Gasteiger partial charge is 0.397 e. The fourth-order valence-corrected chi connectivity index (χ4v) is 2.08. The van der Waals surface area contributed by atoms with Crippen LogP contribution in [-0.2, 0) is 0 Å². The highest BCUT2D eigenvalue weighted by molar-refractivity contribution is 6.44. The second-order valence-electron chi connectivity index (χ2n) is 4.23. The number of benzene rings is 2. The molecule has 0 aliphatic rings. The number of hydrogen-bond donors (Lipinski definition) is 3. The Hall–Kier alpha value is -2.24. The summed E-state index contributed by atoms with van der Waals surface area (Å²) in [7, 11) is 0. The molecule has 0 bridgehead atoms. The highest BCUT2D eigenvalue weighted by Crippen LogP contribution is 2.29. The van der Waals surface area contributed by atoms with Crippen molar-refractivity contribution >= 4 is 46.4 Å². The second kappa shape index (κ2) is 6.03. The number of anilines is 2. The molecule has 0 heterocycles. The fraction of sp³-hybridized carbons (Fsp3) is 0. The van der Waals surface area contributed by atoms with Gasteiger partial charge in [0.15, 0.2) is 0 Å². The number of rotatable bonds is 3. The van der Waals surface area contributed by atoms with Gasteiger partial charge in [-0.15, -0.1) is 0 Å².